The van der Waals surface area contributed by atoms with E-state index in [2.05, 4.69) is 15.3 Å². The van der Waals surface area contributed by atoms with Crippen molar-refractivity contribution in [1.29, 1.82) is 0 Å². The Kier molecular flexibility index (Phi) is 5.09. The first-order chi connectivity index (χ1) is 9.56. The molecular weight excluding hydrogens is 294 g/mol. The Morgan fingerprint density at radius 1 is 1.45 bits per heavy atom. The van der Waals surface area contributed by atoms with Gasteiger partial charge in [-0.2, -0.15) is 0 Å². The summed E-state index contributed by atoms with van der Waals surface area (Å²) in [5.41, 5.74) is 1.37. The van der Waals surface area contributed by atoms with Gasteiger partial charge < -0.3 is 5.32 Å². The fourth-order valence-electron chi connectivity index (χ4n) is 1.71. The van der Waals surface area contributed by atoms with Gasteiger partial charge in [-0.3, -0.25) is 4.79 Å². The number of thiazole rings is 1. The van der Waals surface area contributed by atoms with E-state index in [0.717, 1.165) is 17.1 Å². The van der Waals surface area contributed by atoms with Gasteiger partial charge in [0.05, 0.1) is 5.01 Å². The predicted octanol–water partition coefficient (Wildman–Crippen LogP) is 3.29. The lowest BCUT2D eigenvalue weighted by atomic mass is 10.1. The van der Waals surface area contributed by atoms with Gasteiger partial charge in [-0.25, -0.2) is 9.97 Å². The number of carbonyl (C=O) groups excluding carboxylic acids is 1. The minimum Gasteiger partial charge on any atom is -0.352 e. The lowest BCUT2D eigenvalue weighted by molar-refractivity contribution is 0.0954. The number of carbonyl (C=O) groups is 1. The van der Waals surface area contributed by atoms with E-state index in [1.165, 1.54) is 0 Å². The predicted molar refractivity (Wildman–Crippen MR) is 81.5 cm³/mol. The zero-order chi connectivity index (χ0) is 14.5. The van der Waals surface area contributed by atoms with Crippen molar-refractivity contribution in [3.8, 4) is 0 Å². The molecule has 0 unspecified atom stereocenters. The summed E-state index contributed by atoms with van der Waals surface area (Å²) in [7, 11) is 0. The molecule has 1 amide bonds. The molecule has 2 heterocycles. The summed E-state index contributed by atoms with van der Waals surface area (Å²) < 4.78 is 0. The maximum atomic E-state index is 12.1. The Morgan fingerprint density at radius 2 is 2.25 bits per heavy atom. The van der Waals surface area contributed by atoms with E-state index in [9.17, 15) is 4.79 Å². The first kappa shape index (κ1) is 14.9. The largest absolute Gasteiger partial charge is 0.352 e. The minimum atomic E-state index is -0.132. The zero-order valence-corrected chi connectivity index (χ0v) is 13.0. The van der Waals surface area contributed by atoms with Crippen LogP contribution in [-0.2, 0) is 6.42 Å². The van der Waals surface area contributed by atoms with Gasteiger partial charge in [0.2, 0.25) is 0 Å². The molecule has 0 atom stereocenters. The number of halogens is 1. The number of nitrogens with one attached hydrogen (secondary N) is 1. The second-order valence-corrected chi connectivity index (χ2v) is 6.06. The lowest BCUT2D eigenvalue weighted by Crippen LogP contribution is -2.26. The molecule has 1 N–H and O–H groups in total. The molecule has 0 fully saturated rings. The highest BCUT2D eigenvalue weighted by Gasteiger charge is 2.11. The second-order valence-electron chi connectivity index (χ2n) is 4.69. The molecule has 0 saturated heterocycles. The third-order valence-corrected chi connectivity index (χ3v) is 3.81. The molecule has 0 saturated carbocycles. The Morgan fingerprint density at radius 3 is 2.90 bits per heavy atom. The zero-order valence-electron chi connectivity index (χ0n) is 11.4. The molecule has 0 aromatic carbocycles. The third-order valence-electron chi connectivity index (χ3n) is 2.78. The fraction of sp³-hybridized carbons (Fsp3) is 0.357. The highest BCUT2D eigenvalue weighted by Crippen LogP contribution is 2.17. The van der Waals surface area contributed by atoms with Crippen molar-refractivity contribution in [2.45, 2.75) is 26.2 Å². The van der Waals surface area contributed by atoms with E-state index in [4.69, 9.17) is 11.6 Å². The van der Waals surface area contributed by atoms with E-state index >= 15 is 0 Å². The van der Waals surface area contributed by atoms with Gasteiger partial charge >= 0.3 is 0 Å². The summed E-state index contributed by atoms with van der Waals surface area (Å²) in [6.07, 6.45) is 2.50. The van der Waals surface area contributed by atoms with Crippen LogP contribution in [0.2, 0.25) is 5.15 Å². The van der Waals surface area contributed by atoms with Crippen LogP contribution in [-0.4, -0.2) is 22.4 Å². The number of hydrogen-bond donors (Lipinski definition) is 1. The first-order valence-corrected chi connectivity index (χ1v) is 7.66. The average Bonchev–Trinajstić information content (AvgIpc) is 2.91. The Bertz CT molecular complexity index is 584. The highest BCUT2D eigenvalue weighted by molar-refractivity contribution is 7.09. The average molecular weight is 310 g/mol. The molecule has 0 spiro atoms. The topological polar surface area (TPSA) is 54.9 Å². The van der Waals surface area contributed by atoms with Crippen LogP contribution in [0.5, 0.6) is 0 Å². The van der Waals surface area contributed by atoms with Gasteiger partial charge in [-0.15, -0.1) is 11.3 Å². The maximum Gasteiger partial charge on any atom is 0.251 e. The minimum absolute atomic E-state index is 0.132. The second kappa shape index (κ2) is 6.81. The quantitative estimate of drug-likeness (QED) is 0.862. The summed E-state index contributed by atoms with van der Waals surface area (Å²) in [6.45, 7) is 4.59. The van der Waals surface area contributed by atoms with Crippen LogP contribution in [0.4, 0.5) is 0 Å². The van der Waals surface area contributed by atoms with E-state index < -0.39 is 0 Å². The molecule has 0 radical (unpaired) electrons. The molecule has 2 rings (SSSR count). The Hall–Kier alpha value is -1.46. The molecule has 106 valence electrons. The summed E-state index contributed by atoms with van der Waals surface area (Å²) in [6, 6.07) is 3.38. The number of hydrogen-bond acceptors (Lipinski definition) is 4. The third kappa shape index (κ3) is 4.02. The first-order valence-electron chi connectivity index (χ1n) is 6.40. The van der Waals surface area contributed by atoms with Crippen molar-refractivity contribution in [2.24, 2.45) is 0 Å². The van der Waals surface area contributed by atoms with Crippen LogP contribution >= 0.6 is 22.9 Å². The smallest absolute Gasteiger partial charge is 0.251 e. The van der Waals surface area contributed by atoms with Gasteiger partial charge in [0.1, 0.15) is 5.15 Å². The van der Waals surface area contributed by atoms with Gasteiger partial charge in [-0.05, 0) is 18.1 Å². The van der Waals surface area contributed by atoms with Gasteiger partial charge in [0.25, 0.3) is 5.91 Å². The van der Waals surface area contributed by atoms with Crippen LogP contribution in [0.3, 0.4) is 0 Å². The van der Waals surface area contributed by atoms with Crippen molar-refractivity contribution >= 4 is 28.8 Å². The van der Waals surface area contributed by atoms with Crippen molar-refractivity contribution in [2.75, 3.05) is 6.54 Å². The van der Waals surface area contributed by atoms with Crippen LogP contribution in [0, 0.1) is 0 Å². The van der Waals surface area contributed by atoms with Crippen molar-refractivity contribution in [3.63, 3.8) is 0 Å². The molecule has 2 aromatic heterocycles. The van der Waals surface area contributed by atoms with E-state index in [1.54, 1.807) is 29.7 Å². The molecule has 0 bridgehead atoms. The maximum absolute atomic E-state index is 12.1. The number of nitrogens with zero attached hydrogens (tertiary/aromatic N) is 2. The summed E-state index contributed by atoms with van der Waals surface area (Å²) in [5, 5.41) is 6.16. The Labute approximate surface area is 127 Å². The summed E-state index contributed by atoms with van der Waals surface area (Å²) in [5.74, 6) is 0.100. The van der Waals surface area contributed by atoms with Crippen molar-refractivity contribution < 1.29 is 4.79 Å². The van der Waals surface area contributed by atoms with Crippen LogP contribution in [0.15, 0.2) is 23.7 Å². The van der Waals surface area contributed by atoms with Crippen molar-refractivity contribution in [3.05, 3.63) is 45.1 Å². The molecular formula is C14H16ClN3OS. The standard InChI is InChI=1S/C14H16ClN3OS/c1-9(2)11-7-10(8-12(15)18-11)14(19)17-4-3-13-16-5-6-20-13/h5-9H,3-4H2,1-2H3,(H,17,19). The SMILES string of the molecule is CC(C)c1cc(C(=O)NCCc2nccs2)cc(Cl)n1. The fourth-order valence-corrected chi connectivity index (χ4v) is 2.54. The molecule has 0 aliphatic rings. The van der Waals surface area contributed by atoms with Crippen LogP contribution < -0.4 is 5.32 Å². The number of rotatable bonds is 5. The van der Waals surface area contributed by atoms with E-state index in [-0.39, 0.29) is 11.8 Å². The van der Waals surface area contributed by atoms with E-state index in [1.807, 2.05) is 19.2 Å². The molecule has 0 aliphatic heterocycles. The molecule has 6 heteroatoms. The van der Waals surface area contributed by atoms with Crippen LogP contribution in [0.1, 0.15) is 40.8 Å². The van der Waals surface area contributed by atoms with Gasteiger partial charge in [-0.1, -0.05) is 25.4 Å². The molecule has 20 heavy (non-hydrogen) atoms. The number of amides is 1. The van der Waals surface area contributed by atoms with Crippen LogP contribution in [0.25, 0.3) is 0 Å². The van der Waals surface area contributed by atoms with Crippen molar-refractivity contribution in [1.82, 2.24) is 15.3 Å². The van der Waals surface area contributed by atoms with Gasteiger partial charge in [0.15, 0.2) is 0 Å². The summed E-state index contributed by atoms with van der Waals surface area (Å²) in [4.78, 5) is 20.5. The highest BCUT2D eigenvalue weighted by atomic mass is 35.5. The summed E-state index contributed by atoms with van der Waals surface area (Å²) >= 11 is 7.54. The lowest BCUT2D eigenvalue weighted by Gasteiger charge is -2.09. The normalized spacial score (nSPS) is 10.8. The molecule has 2 aromatic rings. The van der Waals surface area contributed by atoms with Gasteiger partial charge in [0, 0.05) is 35.8 Å². The van der Waals surface area contributed by atoms with E-state index in [0.29, 0.717) is 17.3 Å². The Balaban J connectivity index is 1.98. The molecule has 4 nitrogen and oxygen atoms in total. The number of pyridine rings is 1. The monoisotopic (exact) mass is 309 g/mol. The number of aromatic nitrogens is 2. The molecule has 0 aliphatic carbocycles.